The first-order valence-corrected chi connectivity index (χ1v) is 8.31. The lowest BCUT2D eigenvalue weighted by molar-refractivity contribution is 0.0324. The molecule has 6 heteroatoms. The number of amides is 1. The third-order valence-electron chi connectivity index (χ3n) is 3.93. The van der Waals surface area contributed by atoms with E-state index in [1.54, 1.807) is 24.3 Å². The van der Waals surface area contributed by atoms with Gasteiger partial charge in [-0.3, -0.25) is 4.79 Å². The number of nitrogens with two attached hydrogens (primary N) is 1. The Hall–Kier alpha value is -2.34. The average Bonchev–Trinajstić information content (AvgIpc) is 3.15. The minimum absolute atomic E-state index is 0.0257. The van der Waals surface area contributed by atoms with Crippen LogP contribution in [0.25, 0.3) is 11.1 Å². The van der Waals surface area contributed by atoms with Crippen molar-refractivity contribution in [3.8, 4) is 16.9 Å². The van der Waals surface area contributed by atoms with Crippen molar-refractivity contribution in [2.45, 2.75) is 31.8 Å². The number of esters is 1. The van der Waals surface area contributed by atoms with Crippen LogP contribution in [0.2, 0.25) is 0 Å². The maximum absolute atomic E-state index is 12.5. The van der Waals surface area contributed by atoms with E-state index in [1.165, 1.54) is 0 Å². The number of aromatic hydroxyl groups is 1. The van der Waals surface area contributed by atoms with E-state index in [9.17, 15) is 14.7 Å². The summed E-state index contributed by atoms with van der Waals surface area (Å²) in [6, 6.07) is 8.95. The van der Waals surface area contributed by atoms with E-state index < -0.39 is 11.9 Å². The smallest absolute Gasteiger partial charge is 0.349 e. The van der Waals surface area contributed by atoms with E-state index in [0.717, 1.165) is 37.0 Å². The van der Waals surface area contributed by atoms with Crippen LogP contribution in [0.5, 0.6) is 5.75 Å². The van der Waals surface area contributed by atoms with Gasteiger partial charge in [-0.25, -0.2) is 4.79 Å². The Morgan fingerprint density at radius 3 is 2.39 bits per heavy atom. The summed E-state index contributed by atoms with van der Waals surface area (Å²) in [4.78, 5) is 24.2. The van der Waals surface area contributed by atoms with Crippen molar-refractivity contribution in [3.05, 3.63) is 40.1 Å². The minimum atomic E-state index is -0.760. The standard InChI is InChI=1S/C17H17NO4S/c18-16(20)15-13(19)12(10-6-2-1-3-7-10)14(23-15)17(21)22-11-8-4-5-9-11/h1-3,6-7,11,19H,4-5,8-9H2,(H2,18,20). The molecule has 0 atom stereocenters. The molecule has 1 aliphatic rings. The first-order chi connectivity index (χ1) is 11.1. The van der Waals surface area contributed by atoms with Crippen molar-refractivity contribution in [2.24, 2.45) is 5.73 Å². The molecule has 2 aromatic rings. The summed E-state index contributed by atoms with van der Waals surface area (Å²) in [5.41, 5.74) is 6.26. The van der Waals surface area contributed by atoms with Crippen LogP contribution in [0.4, 0.5) is 0 Å². The summed E-state index contributed by atoms with van der Waals surface area (Å²) in [7, 11) is 0. The largest absolute Gasteiger partial charge is 0.506 e. The zero-order valence-corrected chi connectivity index (χ0v) is 13.3. The molecule has 1 fully saturated rings. The first kappa shape index (κ1) is 15.6. The Morgan fingerprint density at radius 1 is 1.13 bits per heavy atom. The summed E-state index contributed by atoms with van der Waals surface area (Å²) in [6.45, 7) is 0. The second kappa shape index (κ2) is 6.42. The molecular formula is C17H17NO4S. The molecule has 0 aliphatic heterocycles. The van der Waals surface area contributed by atoms with Crippen LogP contribution in [0.1, 0.15) is 45.0 Å². The van der Waals surface area contributed by atoms with E-state index in [4.69, 9.17) is 10.5 Å². The Balaban J connectivity index is 2.02. The quantitative estimate of drug-likeness (QED) is 0.841. The zero-order valence-electron chi connectivity index (χ0n) is 12.5. The fourth-order valence-electron chi connectivity index (χ4n) is 2.82. The molecule has 23 heavy (non-hydrogen) atoms. The second-order valence-corrected chi connectivity index (χ2v) is 6.55. The van der Waals surface area contributed by atoms with Gasteiger partial charge in [0.25, 0.3) is 5.91 Å². The molecule has 5 nitrogen and oxygen atoms in total. The van der Waals surface area contributed by atoms with Crippen molar-refractivity contribution in [3.63, 3.8) is 0 Å². The highest BCUT2D eigenvalue weighted by molar-refractivity contribution is 7.16. The molecule has 120 valence electrons. The highest BCUT2D eigenvalue weighted by Gasteiger charge is 2.29. The lowest BCUT2D eigenvalue weighted by Crippen LogP contribution is -2.14. The van der Waals surface area contributed by atoms with Crippen molar-refractivity contribution in [1.29, 1.82) is 0 Å². The van der Waals surface area contributed by atoms with E-state index in [2.05, 4.69) is 0 Å². The van der Waals surface area contributed by atoms with Gasteiger partial charge in [0.15, 0.2) is 0 Å². The number of thiophene rings is 1. The monoisotopic (exact) mass is 331 g/mol. The van der Waals surface area contributed by atoms with Gasteiger partial charge in [-0.15, -0.1) is 11.3 Å². The molecule has 1 aromatic heterocycles. The van der Waals surface area contributed by atoms with Crippen LogP contribution >= 0.6 is 11.3 Å². The topological polar surface area (TPSA) is 89.6 Å². The van der Waals surface area contributed by atoms with Crippen LogP contribution in [-0.4, -0.2) is 23.1 Å². The number of ether oxygens (including phenoxy) is 1. The molecule has 1 saturated carbocycles. The molecule has 1 heterocycles. The Kier molecular flexibility index (Phi) is 4.34. The Labute approximate surface area is 137 Å². The summed E-state index contributed by atoms with van der Waals surface area (Å²) in [5, 5.41) is 10.3. The van der Waals surface area contributed by atoms with Crippen LogP contribution in [0, 0.1) is 0 Å². The maximum atomic E-state index is 12.5. The number of primary amides is 1. The van der Waals surface area contributed by atoms with Gasteiger partial charge in [0.05, 0.1) is 0 Å². The predicted molar refractivity (Wildman–Crippen MR) is 87.6 cm³/mol. The molecule has 1 aromatic carbocycles. The van der Waals surface area contributed by atoms with Gasteiger partial charge in [0.2, 0.25) is 0 Å². The summed E-state index contributed by atoms with van der Waals surface area (Å²) >= 11 is 0.881. The fourth-order valence-corrected chi connectivity index (χ4v) is 3.77. The number of rotatable bonds is 4. The van der Waals surface area contributed by atoms with Crippen molar-refractivity contribution in [2.75, 3.05) is 0 Å². The Bertz CT molecular complexity index is 733. The average molecular weight is 331 g/mol. The summed E-state index contributed by atoms with van der Waals surface area (Å²) < 4.78 is 5.52. The van der Waals surface area contributed by atoms with E-state index in [-0.39, 0.29) is 21.6 Å². The minimum Gasteiger partial charge on any atom is -0.506 e. The molecule has 0 spiro atoms. The third-order valence-corrected chi connectivity index (χ3v) is 5.10. The summed E-state index contributed by atoms with van der Waals surface area (Å²) in [6.07, 6.45) is 3.71. The van der Waals surface area contributed by atoms with Gasteiger partial charge in [-0.2, -0.15) is 0 Å². The third kappa shape index (κ3) is 3.07. The fraction of sp³-hybridized carbons (Fsp3) is 0.294. The van der Waals surface area contributed by atoms with Crippen molar-refractivity contribution < 1.29 is 19.4 Å². The van der Waals surface area contributed by atoms with Crippen LogP contribution in [0.15, 0.2) is 30.3 Å². The SMILES string of the molecule is NC(=O)c1sc(C(=O)OC2CCCC2)c(-c2ccccc2)c1O. The zero-order chi connectivity index (χ0) is 16.4. The summed E-state index contributed by atoms with van der Waals surface area (Å²) in [5.74, 6) is -1.53. The molecule has 0 unspecified atom stereocenters. The molecule has 0 saturated heterocycles. The molecule has 1 aliphatic carbocycles. The van der Waals surface area contributed by atoms with Gasteiger partial charge in [0.1, 0.15) is 21.6 Å². The maximum Gasteiger partial charge on any atom is 0.349 e. The molecule has 1 amide bonds. The van der Waals surface area contributed by atoms with Gasteiger partial charge in [0, 0.05) is 5.56 Å². The number of carbonyl (C=O) groups is 2. The van der Waals surface area contributed by atoms with Crippen molar-refractivity contribution in [1.82, 2.24) is 0 Å². The van der Waals surface area contributed by atoms with E-state index in [0.29, 0.717) is 11.1 Å². The van der Waals surface area contributed by atoms with Crippen LogP contribution in [0.3, 0.4) is 0 Å². The molecular weight excluding hydrogens is 314 g/mol. The molecule has 0 bridgehead atoms. The van der Waals surface area contributed by atoms with Gasteiger partial charge in [-0.1, -0.05) is 30.3 Å². The molecule has 0 radical (unpaired) electrons. The molecule has 3 N–H and O–H groups in total. The predicted octanol–water partition coefficient (Wildman–Crippen LogP) is 3.32. The number of carbonyl (C=O) groups excluding carboxylic acids is 2. The van der Waals surface area contributed by atoms with Crippen LogP contribution in [-0.2, 0) is 4.74 Å². The lowest BCUT2D eigenvalue weighted by atomic mass is 10.0. The lowest BCUT2D eigenvalue weighted by Gasteiger charge is -2.11. The normalized spacial score (nSPS) is 14.8. The highest BCUT2D eigenvalue weighted by atomic mass is 32.1. The van der Waals surface area contributed by atoms with Gasteiger partial charge < -0.3 is 15.6 Å². The molecule has 3 rings (SSSR count). The van der Waals surface area contributed by atoms with Gasteiger partial charge >= 0.3 is 5.97 Å². The second-order valence-electron chi connectivity index (χ2n) is 5.53. The van der Waals surface area contributed by atoms with Crippen molar-refractivity contribution >= 4 is 23.2 Å². The Morgan fingerprint density at radius 2 is 1.78 bits per heavy atom. The van der Waals surface area contributed by atoms with Crippen LogP contribution < -0.4 is 5.73 Å². The van der Waals surface area contributed by atoms with E-state index >= 15 is 0 Å². The number of benzene rings is 1. The number of hydrogen-bond acceptors (Lipinski definition) is 5. The van der Waals surface area contributed by atoms with Gasteiger partial charge in [-0.05, 0) is 31.2 Å². The highest BCUT2D eigenvalue weighted by Crippen LogP contribution is 2.42. The van der Waals surface area contributed by atoms with E-state index in [1.807, 2.05) is 6.07 Å². The first-order valence-electron chi connectivity index (χ1n) is 7.50. The number of hydrogen-bond donors (Lipinski definition) is 2.